The standard InChI is InChI=1S/C14H18BrNO2S/c1-14(6-3-7-19-14)9-16-13(17)11-8-10(18-2)4-5-12(11)15/h4-5,8H,3,6-7,9H2,1-2H3,(H,16,17). The van der Waals surface area contributed by atoms with Gasteiger partial charge in [0.05, 0.1) is 12.7 Å². The van der Waals surface area contributed by atoms with Crippen LogP contribution in [0.3, 0.4) is 0 Å². The molecule has 1 aliphatic rings. The third-order valence-electron chi connectivity index (χ3n) is 3.34. The number of ether oxygens (including phenoxy) is 1. The fraction of sp³-hybridized carbons (Fsp3) is 0.500. The van der Waals surface area contributed by atoms with E-state index in [1.54, 1.807) is 13.2 Å². The first-order valence-electron chi connectivity index (χ1n) is 6.30. The van der Waals surface area contributed by atoms with Crippen molar-refractivity contribution in [1.29, 1.82) is 0 Å². The minimum atomic E-state index is -0.0560. The van der Waals surface area contributed by atoms with Gasteiger partial charge in [-0.1, -0.05) is 0 Å². The molecule has 1 N–H and O–H groups in total. The second kappa shape index (κ2) is 6.18. The van der Waals surface area contributed by atoms with Crippen LogP contribution in [-0.2, 0) is 0 Å². The van der Waals surface area contributed by atoms with Crippen molar-refractivity contribution in [3.05, 3.63) is 28.2 Å². The van der Waals surface area contributed by atoms with E-state index in [1.807, 2.05) is 23.9 Å². The number of thioether (sulfide) groups is 1. The van der Waals surface area contributed by atoms with Crippen molar-refractivity contribution >= 4 is 33.6 Å². The van der Waals surface area contributed by atoms with Gasteiger partial charge in [0.25, 0.3) is 5.91 Å². The molecule has 0 spiro atoms. The van der Waals surface area contributed by atoms with Gasteiger partial charge < -0.3 is 10.1 Å². The van der Waals surface area contributed by atoms with Crippen LogP contribution < -0.4 is 10.1 Å². The van der Waals surface area contributed by atoms with Crippen molar-refractivity contribution < 1.29 is 9.53 Å². The normalized spacial score (nSPS) is 22.3. The molecular weight excluding hydrogens is 326 g/mol. The fourth-order valence-electron chi connectivity index (χ4n) is 2.14. The molecule has 1 unspecified atom stereocenters. The summed E-state index contributed by atoms with van der Waals surface area (Å²) in [6.45, 7) is 2.92. The predicted octanol–water partition coefficient (Wildman–Crippen LogP) is 3.47. The van der Waals surface area contributed by atoms with E-state index in [0.29, 0.717) is 17.9 Å². The molecule has 0 aromatic heterocycles. The van der Waals surface area contributed by atoms with Crippen LogP contribution in [0.5, 0.6) is 5.75 Å². The third-order valence-corrected chi connectivity index (χ3v) is 5.57. The lowest BCUT2D eigenvalue weighted by Gasteiger charge is -2.23. The average molecular weight is 344 g/mol. The first-order chi connectivity index (χ1) is 9.04. The molecular formula is C14H18BrNO2S. The first kappa shape index (κ1) is 14.7. The average Bonchev–Trinajstić information content (AvgIpc) is 2.84. The second-order valence-corrected chi connectivity index (χ2v) is 7.47. The highest BCUT2D eigenvalue weighted by molar-refractivity contribution is 9.10. The highest BCUT2D eigenvalue weighted by atomic mass is 79.9. The van der Waals surface area contributed by atoms with Crippen LogP contribution in [0.1, 0.15) is 30.1 Å². The molecule has 0 aliphatic carbocycles. The summed E-state index contributed by atoms with van der Waals surface area (Å²) in [4.78, 5) is 12.2. The maximum atomic E-state index is 12.2. The van der Waals surface area contributed by atoms with Gasteiger partial charge in [-0.15, -0.1) is 0 Å². The Balaban J connectivity index is 2.03. The van der Waals surface area contributed by atoms with Gasteiger partial charge in [-0.05, 0) is 59.6 Å². The van der Waals surface area contributed by atoms with Gasteiger partial charge in [-0.2, -0.15) is 11.8 Å². The molecule has 19 heavy (non-hydrogen) atoms. The van der Waals surface area contributed by atoms with E-state index in [9.17, 15) is 4.79 Å². The lowest BCUT2D eigenvalue weighted by molar-refractivity contribution is 0.0949. The summed E-state index contributed by atoms with van der Waals surface area (Å²) >= 11 is 5.35. The van der Waals surface area contributed by atoms with Crippen LogP contribution in [0.15, 0.2) is 22.7 Å². The van der Waals surface area contributed by atoms with Crippen molar-refractivity contribution in [2.24, 2.45) is 0 Å². The quantitative estimate of drug-likeness (QED) is 0.909. The van der Waals surface area contributed by atoms with Crippen LogP contribution in [0.2, 0.25) is 0 Å². The fourth-order valence-corrected chi connectivity index (χ4v) is 3.82. The number of halogens is 1. The van der Waals surface area contributed by atoms with Crippen molar-refractivity contribution in [3.8, 4) is 5.75 Å². The van der Waals surface area contributed by atoms with E-state index < -0.39 is 0 Å². The summed E-state index contributed by atoms with van der Waals surface area (Å²) in [7, 11) is 1.60. The summed E-state index contributed by atoms with van der Waals surface area (Å²) in [5.74, 6) is 1.82. The number of amides is 1. The summed E-state index contributed by atoms with van der Waals surface area (Å²) in [6.07, 6.45) is 2.40. The van der Waals surface area contributed by atoms with Gasteiger partial charge in [-0.25, -0.2) is 0 Å². The number of carbonyl (C=O) groups excluding carboxylic acids is 1. The highest BCUT2D eigenvalue weighted by Gasteiger charge is 2.30. The van der Waals surface area contributed by atoms with E-state index in [0.717, 1.165) is 10.9 Å². The third kappa shape index (κ3) is 3.66. The minimum Gasteiger partial charge on any atom is -0.497 e. The number of benzene rings is 1. The monoisotopic (exact) mass is 343 g/mol. The zero-order valence-electron chi connectivity index (χ0n) is 11.2. The molecule has 1 aliphatic heterocycles. The highest BCUT2D eigenvalue weighted by Crippen LogP contribution is 2.37. The minimum absolute atomic E-state index is 0.0560. The molecule has 5 heteroatoms. The molecule has 3 nitrogen and oxygen atoms in total. The molecule has 1 heterocycles. The summed E-state index contributed by atoms with van der Waals surface area (Å²) < 4.78 is 6.12. The zero-order chi connectivity index (χ0) is 13.9. The molecule has 1 aromatic carbocycles. The van der Waals surface area contributed by atoms with Crippen LogP contribution in [0, 0.1) is 0 Å². The Bertz CT molecular complexity index is 473. The molecule has 1 atom stereocenters. The number of carbonyl (C=O) groups is 1. The topological polar surface area (TPSA) is 38.3 Å². The summed E-state index contributed by atoms with van der Waals surface area (Å²) in [5.41, 5.74) is 0.617. The Hall–Kier alpha value is -0.680. The summed E-state index contributed by atoms with van der Waals surface area (Å²) in [5, 5.41) is 3.03. The Labute approximate surface area is 126 Å². The largest absolute Gasteiger partial charge is 0.497 e. The van der Waals surface area contributed by atoms with E-state index in [2.05, 4.69) is 28.2 Å². The lowest BCUT2D eigenvalue weighted by Crippen LogP contribution is -2.36. The van der Waals surface area contributed by atoms with Crippen molar-refractivity contribution in [1.82, 2.24) is 5.32 Å². The van der Waals surface area contributed by atoms with Crippen LogP contribution in [-0.4, -0.2) is 30.1 Å². The Morgan fingerprint density at radius 2 is 2.37 bits per heavy atom. The molecule has 0 saturated carbocycles. The van der Waals surface area contributed by atoms with Gasteiger partial charge in [0, 0.05) is 15.8 Å². The molecule has 104 valence electrons. The van der Waals surface area contributed by atoms with Gasteiger partial charge >= 0.3 is 0 Å². The van der Waals surface area contributed by atoms with E-state index in [1.165, 1.54) is 12.2 Å². The summed E-state index contributed by atoms with van der Waals surface area (Å²) in [6, 6.07) is 5.41. The SMILES string of the molecule is COc1ccc(Br)c(C(=O)NCC2(C)CCCS2)c1. The van der Waals surface area contributed by atoms with Crippen molar-refractivity contribution in [2.75, 3.05) is 19.4 Å². The van der Waals surface area contributed by atoms with Gasteiger partial charge in [0.1, 0.15) is 5.75 Å². The number of nitrogens with one attached hydrogen (secondary N) is 1. The second-order valence-electron chi connectivity index (χ2n) is 4.93. The number of rotatable bonds is 4. The molecule has 1 fully saturated rings. The molecule has 1 saturated heterocycles. The number of hydrogen-bond acceptors (Lipinski definition) is 3. The molecule has 1 amide bonds. The van der Waals surface area contributed by atoms with E-state index in [-0.39, 0.29) is 10.7 Å². The number of hydrogen-bond donors (Lipinski definition) is 1. The van der Waals surface area contributed by atoms with Crippen LogP contribution in [0.4, 0.5) is 0 Å². The van der Waals surface area contributed by atoms with Crippen molar-refractivity contribution in [2.45, 2.75) is 24.5 Å². The van der Waals surface area contributed by atoms with E-state index >= 15 is 0 Å². The molecule has 1 aromatic rings. The first-order valence-corrected chi connectivity index (χ1v) is 8.08. The van der Waals surface area contributed by atoms with Gasteiger partial charge in [0.2, 0.25) is 0 Å². The smallest absolute Gasteiger partial charge is 0.252 e. The molecule has 0 bridgehead atoms. The van der Waals surface area contributed by atoms with E-state index in [4.69, 9.17) is 4.74 Å². The van der Waals surface area contributed by atoms with Crippen LogP contribution >= 0.6 is 27.7 Å². The molecule has 0 radical (unpaired) electrons. The van der Waals surface area contributed by atoms with Crippen molar-refractivity contribution in [3.63, 3.8) is 0 Å². The van der Waals surface area contributed by atoms with Gasteiger partial charge in [-0.3, -0.25) is 4.79 Å². The lowest BCUT2D eigenvalue weighted by atomic mass is 10.1. The Morgan fingerprint density at radius 3 is 3.00 bits per heavy atom. The zero-order valence-corrected chi connectivity index (χ0v) is 13.6. The van der Waals surface area contributed by atoms with Gasteiger partial charge in [0.15, 0.2) is 0 Å². The Kier molecular flexibility index (Phi) is 4.79. The predicted molar refractivity (Wildman–Crippen MR) is 83.1 cm³/mol. The molecule has 2 rings (SSSR count). The Morgan fingerprint density at radius 1 is 1.58 bits per heavy atom. The maximum Gasteiger partial charge on any atom is 0.252 e. The number of methoxy groups -OCH3 is 1. The van der Waals surface area contributed by atoms with Crippen LogP contribution in [0.25, 0.3) is 0 Å². The maximum absolute atomic E-state index is 12.2.